The number of rotatable bonds is 16. The number of fused-ring (bicyclic) bond motifs is 2. The molecule has 0 spiro atoms. The van der Waals surface area contributed by atoms with Crippen molar-refractivity contribution in [3.63, 3.8) is 0 Å². The minimum absolute atomic E-state index is 0.184. The van der Waals surface area contributed by atoms with Gasteiger partial charge in [0.15, 0.2) is 11.2 Å². The molecular formula is C42H42N4O10. The number of hydrogen-bond donors (Lipinski definition) is 5. The molecule has 3 aromatic carbocycles. The Morgan fingerprint density at radius 2 is 1.48 bits per heavy atom. The molecule has 0 aromatic heterocycles. The van der Waals surface area contributed by atoms with Crippen LogP contribution in [-0.4, -0.2) is 71.8 Å². The maximum atomic E-state index is 13.2. The van der Waals surface area contributed by atoms with Crippen LogP contribution in [0, 0.1) is 12.8 Å². The number of carbonyl (C=O) groups is 6. The third-order valence-corrected chi connectivity index (χ3v) is 8.99. The largest absolute Gasteiger partial charge is 0.486 e. The van der Waals surface area contributed by atoms with E-state index in [9.17, 15) is 38.7 Å². The second kappa shape index (κ2) is 18.0. The van der Waals surface area contributed by atoms with Crippen molar-refractivity contribution in [1.29, 1.82) is 0 Å². The number of benzene rings is 4. The molecule has 0 radical (unpaired) electrons. The van der Waals surface area contributed by atoms with E-state index in [1.54, 1.807) is 68.4 Å². The highest BCUT2D eigenvalue weighted by molar-refractivity contribution is 6.04. The average molecular weight is 763 g/mol. The highest BCUT2D eigenvalue weighted by Gasteiger charge is 2.30. The number of ether oxygens (including phenoxy) is 1. The van der Waals surface area contributed by atoms with Crippen LogP contribution < -0.4 is 31.4 Å². The first-order chi connectivity index (χ1) is 26.7. The molecule has 5 rings (SSSR count). The molecule has 1 aliphatic carbocycles. The van der Waals surface area contributed by atoms with Gasteiger partial charge in [-0.05, 0) is 73.4 Å². The number of carboxylic acid groups (broad SMARTS) is 1. The van der Waals surface area contributed by atoms with E-state index in [4.69, 9.17) is 9.15 Å². The zero-order valence-electron chi connectivity index (χ0n) is 31.2. The number of nitrogens with one attached hydrogen (secondary N) is 4. The summed E-state index contributed by atoms with van der Waals surface area (Å²) in [6.07, 6.45) is -0.703. The highest BCUT2D eigenvalue weighted by atomic mass is 16.5. The standard InChI is InChI=1S/C42H42N4O10/c1-23(2)39(42(54)44-25(4)40(52)45-32(20-37(50)51)33(48)22-55-28-10-6-5-7-11-28)46-36(49)21-43-41(53)26-14-16-29(24(3)18-26)38-30-12-8-9-13-34(30)56-35-19-27(47)15-17-31(35)38/h5-19,23,25,32,39H,20-22H2,1-4H3,(H,43,53)(H,44,54)(H,45,52)(H,46,49)(H,50,51). The zero-order valence-corrected chi connectivity index (χ0v) is 31.2. The van der Waals surface area contributed by atoms with Crippen molar-refractivity contribution in [3.05, 3.63) is 112 Å². The smallest absolute Gasteiger partial charge is 0.305 e. The molecule has 56 heavy (non-hydrogen) atoms. The summed E-state index contributed by atoms with van der Waals surface area (Å²) in [4.78, 5) is 88.6. The SMILES string of the molecule is Cc1cc(C(=O)NCC(=O)NC(C(=O)NC(C)C(=O)NC(CC(=O)O)C(=O)COc2ccccc2)C(C)C)ccc1-c1c2ccc(=O)cc-2oc2ccccc12. The van der Waals surface area contributed by atoms with Crippen LogP contribution in [0.1, 0.15) is 43.1 Å². The van der Waals surface area contributed by atoms with Crippen molar-refractivity contribution in [2.75, 3.05) is 13.2 Å². The minimum Gasteiger partial charge on any atom is -0.486 e. The molecule has 0 saturated heterocycles. The van der Waals surface area contributed by atoms with Crippen molar-refractivity contribution in [2.24, 2.45) is 5.92 Å². The molecule has 4 amide bonds. The minimum atomic E-state index is -1.42. The number of amides is 4. The first-order valence-corrected chi connectivity index (χ1v) is 17.9. The third kappa shape index (κ3) is 10.0. The van der Waals surface area contributed by atoms with Gasteiger partial charge in [-0.25, -0.2) is 0 Å². The molecule has 0 fully saturated rings. The monoisotopic (exact) mass is 762 g/mol. The number of para-hydroxylation sites is 2. The summed E-state index contributed by atoms with van der Waals surface area (Å²) in [6.45, 7) is 5.62. The van der Waals surface area contributed by atoms with Crippen LogP contribution in [0.5, 0.6) is 5.75 Å². The molecular weight excluding hydrogens is 720 g/mol. The summed E-state index contributed by atoms with van der Waals surface area (Å²) in [7, 11) is 0. The Morgan fingerprint density at radius 3 is 2.18 bits per heavy atom. The fourth-order valence-corrected chi connectivity index (χ4v) is 6.07. The van der Waals surface area contributed by atoms with E-state index in [0.29, 0.717) is 22.7 Å². The van der Waals surface area contributed by atoms with Gasteiger partial charge in [0.25, 0.3) is 5.91 Å². The van der Waals surface area contributed by atoms with Gasteiger partial charge in [0.2, 0.25) is 17.7 Å². The number of Topliss-reactive ketones (excluding diaryl/α,β-unsaturated/α-hetero) is 1. The van der Waals surface area contributed by atoms with Crippen molar-refractivity contribution in [1.82, 2.24) is 21.3 Å². The first-order valence-electron chi connectivity index (χ1n) is 17.9. The predicted molar refractivity (Wildman–Crippen MR) is 207 cm³/mol. The van der Waals surface area contributed by atoms with E-state index in [1.807, 2.05) is 31.2 Å². The lowest BCUT2D eigenvalue weighted by atomic mass is 9.90. The van der Waals surface area contributed by atoms with Crippen molar-refractivity contribution in [2.45, 2.75) is 52.2 Å². The Kier molecular flexibility index (Phi) is 13.0. The summed E-state index contributed by atoms with van der Waals surface area (Å²) in [5, 5.41) is 20.2. The van der Waals surface area contributed by atoms with Gasteiger partial charge in [-0.3, -0.25) is 33.6 Å². The Morgan fingerprint density at radius 1 is 0.786 bits per heavy atom. The van der Waals surface area contributed by atoms with Crippen LogP contribution in [0.25, 0.3) is 33.4 Å². The van der Waals surface area contributed by atoms with E-state index >= 15 is 0 Å². The number of aliphatic carboxylic acids is 1. The Labute approximate surface area is 322 Å². The Balaban J connectivity index is 1.18. The van der Waals surface area contributed by atoms with Crippen LogP contribution in [0.2, 0.25) is 0 Å². The van der Waals surface area contributed by atoms with Gasteiger partial charge in [0, 0.05) is 28.1 Å². The van der Waals surface area contributed by atoms with Crippen molar-refractivity contribution >= 4 is 46.4 Å². The normalized spacial score (nSPS) is 12.7. The molecule has 14 heteroatoms. The van der Waals surface area contributed by atoms with Gasteiger partial charge in [0.1, 0.15) is 41.8 Å². The molecule has 2 aliphatic rings. The maximum Gasteiger partial charge on any atom is 0.305 e. The summed E-state index contributed by atoms with van der Waals surface area (Å²) in [6, 6.07) is 21.9. The molecule has 3 aromatic rings. The first kappa shape index (κ1) is 40.4. The predicted octanol–water partition coefficient (Wildman–Crippen LogP) is 3.86. The molecule has 3 atom stereocenters. The van der Waals surface area contributed by atoms with Gasteiger partial charge >= 0.3 is 5.97 Å². The Hall–Kier alpha value is -6.83. The fraction of sp³-hybridized carbons (Fsp3) is 0.262. The van der Waals surface area contributed by atoms with E-state index in [1.165, 1.54) is 19.1 Å². The van der Waals surface area contributed by atoms with Crippen LogP contribution >= 0.6 is 0 Å². The van der Waals surface area contributed by atoms with Crippen LogP contribution in [-0.2, 0) is 24.0 Å². The maximum absolute atomic E-state index is 13.2. The zero-order chi connectivity index (χ0) is 40.5. The summed E-state index contributed by atoms with van der Waals surface area (Å²) in [5.41, 5.74) is 3.87. The average Bonchev–Trinajstić information content (AvgIpc) is 3.16. The van der Waals surface area contributed by atoms with Gasteiger partial charge in [-0.1, -0.05) is 56.3 Å². The van der Waals surface area contributed by atoms with E-state index < -0.39 is 79.0 Å². The van der Waals surface area contributed by atoms with Gasteiger partial charge in [-0.15, -0.1) is 0 Å². The van der Waals surface area contributed by atoms with Crippen LogP contribution in [0.3, 0.4) is 0 Å². The molecule has 3 unspecified atom stereocenters. The number of carboxylic acids is 1. The van der Waals surface area contributed by atoms with Crippen LogP contribution in [0.15, 0.2) is 100 Å². The molecule has 1 heterocycles. The van der Waals surface area contributed by atoms with Gasteiger partial charge in [0.05, 0.1) is 13.0 Å². The molecule has 1 aliphatic heterocycles. The highest BCUT2D eigenvalue weighted by Crippen LogP contribution is 2.41. The fourth-order valence-electron chi connectivity index (χ4n) is 6.07. The lowest BCUT2D eigenvalue weighted by molar-refractivity contribution is -0.141. The topological polar surface area (TPSA) is 210 Å². The molecule has 14 nitrogen and oxygen atoms in total. The summed E-state index contributed by atoms with van der Waals surface area (Å²) >= 11 is 0. The van der Waals surface area contributed by atoms with Gasteiger partial charge < -0.3 is 35.5 Å². The quantitative estimate of drug-likeness (QED) is 0.0917. The van der Waals surface area contributed by atoms with Gasteiger partial charge in [-0.2, -0.15) is 0 Å². The second-order valence-corrected chi connectivity index (χ2v) is 13.6. The second-order valence-electron chi connectivity index (χ2n) is 13.6. The number of carbonyl (C=O) groups excluding carboxylic acids is 5. The van der Waals surface area contributed by atoms with Crippen molar-refractivity contribution < 1.29 is 43.0 Å². The number of hydrogen-bond acceptors (Lipinski definition) is 9. The van der Waals surface area contributed by atoms with Crippen LogP contribution in [0.4, 0.5) is 0 Å². The lowest BCUT2D eigenvalue weighted by Gasteiger charge is -2.25. The third-order valence-electron chi connectivity index (χ3n) is 8.99. The van der Waals surface area contributed by atoms with E-state index in [2.05, 4.69) is 21.3 Å². The number of aryl methyl sites for hydroxylation is 1. The molecule has 290 valence electrons. The Bertz CT molecular complexity index is 2300. The summed E-state index contributed by atoms with van der Waals surface area (Å²) < 4.78 is 11.4. The number of ketones is 1. The molecule has 0 saturated carbocycles. The molecule has 0 bridgehead atoms. The lowest BCUT2D eigenvalue weighted by Crippen LogP contribution is -2.57. The molecule has 5 N–H and O–H groups in total. The van der Waals surface area contributed by atoms with E-state index in [0.717, 1.165) is 27.6 Å². The summed E-state index contributed by atoms with van der Waals surface area (Å²) in [5.74, 6) is -4.33. The van der Waals surface area contributed by atoms with Crippen molar-refractivity contribution in [3.8, 4) is 28.2 Å². The van der Waals surface area contributed by atoms with E-state index in [-0.39, 0.29) is 5.43 Å².